The van der Waals surface area contributed by atoms with Crippen molar-refractivity contribution in [2.45, 2.75) is 47.4 Å². The van der Waals surface area contributed by atoms with E-state index in [1.807, 2.05) is 76.2 Å². The number of hydrogen-bond acceptors (Lipinski definition) is 7. The molecule has 0 atom stereocenters. The molecular weight excluding hydrogens is 415 g/mol. The molecule has 0 spiro atoms. The minimum Gasteiger partial charge on any atom is -0.497 e. The zero-order valence-electron chi connectivity index (χ0n) is 16.9. The molecule has 0 saturated heterocycles. The summed E-state index contributed by atoms with van der Waals surface area (Å²) in [6, 6.07) is 15.3. The van der Waals surface area contributed by atoms with Crippen LogP contribution in [0, 0.1) is 0 Å². The van der Waals surface area contributed by atoms with E-state index in [1.165, 1.54) is 23.5 Å². The minimum atomic E-state index is -2.31. The maximum atomic E-state index is 12.5. The third kappa shape index (κ3) is 7.64. The van der Waals surface area contributed by atoms with Crippen molar-refractivity contribution < 1.29 is 23.1 Å². The van der Waals surface area contributed by atoms with Crippen molar-refractivity contribution in [3.63, 3.8) is 0 Å². The van der Waals surface area contributed by atoms with E-state index in [9.17, 15) is 4.57 Å². The summed E-state index contributed by atoms with van der Waals surface area (Å²) in [4.78, 5) is 0.536. The highest BCUT2D eigenvalue weighted by atomic mass is 32.2. The monoisotopic (exact) mass is 441 g/mol. The fraction of sp³-hybridized carbons (Fsp3) is 0.400. The van der Waals surface area contributed by atoms with Gasteiger partial charge in [-0.2, -0.15) is 0 Å². The fourth-order valence-electron chi connectivity index (χ4n) is 2.27. The topological polar surface area (TPSA) is 54.0 Å². The highest BCUT2D eigenvalue weighted by molar-refractivity contribution is 8.01. The normalized spacial score (nSPS) is 11.9. The first-order valence-electron chi connectivity index (χ1n) is 8.64. The van der Waals surface area contributed by atoms with Gasteiger partial charge >= 0.3 is 8.25 Å². The Morgan fingerprint density at radius 3 is 1.29 bits per heavy atom. The molecule has 0 N–H and O–H groups in total. The first-order valence-corrected chi connectivity index (χ1v) is 11.4. The van der Waals surface area contributed by atoms with Crippen molar-refractivity contribution in [3.05, 3.63) is 48.5 Å². The lowest BCUT2D eigenvalue weighted by Gasteiger charge is -2.20. The summed E-state index contributed by atoms with van der Waals surface area (Å²) in [6.07, 6.45) is 0. The van der Waals surface area contributed by atoms with Gasteiger partial charge in [0.25, 0.3) is 0 Å². The van der Waals surface area contributed by atoms with Crippen LogP contribution in [0.25, 0.3) is 0 Å². The number of hydrogen-bond donors (Lipinski definition) is 0. The molecule has 0 bridgehead atoms. The number of rotatable bonds is 10. The molecule has 8 heteroatoms. The van der Waals surface area contributed by atoms with E-state index in [2.05, 4.69) is 0 Å². The van der Waals surface area contributed by atoms with E-state index in [4.69, 9.17) is 18.5 Å². The van der Waals surface area contributed by atoms with E-state index < -0.39 is 18.1 Å². The molecular formula is C20H26O5PS2+. The summed E-state index contributed by atoms with van der Waals surface area (Å²) in [6.45, 7) is 7.45. The van der Waals surface area contributed by atoms with Gasteiger partial charge in [0.15, 0.2) is 9.87 Å². The Morgan fingerprint density at radius 2 is 1.00 bits per heavy atom. The molecule has 0 unspecified atom stereocenters. The van der Waals surface area contributed by atoms with E-state index in [1.54, 1.807) is 14.2 Å². The van der Waals surface area contributed by atoms with Gasteiger partial charge in [0.2, 0.25) is 0 Å². The molecule has 2 rings (SSSR count). The number of thioether (sulfide) groups is 2. The zero-order valence-corrected chi connectivity index (χ0v) is 19.5. The molecule has 0 aliphatic carbocycles. The van der Waals surface area contributed by atoms with Crippen LogP contribution in [-0.2, 0) is 13.6 Å². The standard InChI is InChI=1S/C20H26O5PS2/c1-19(2,27-17-11-7-15(22-5)8-12-17)24-26(21)25-20(3,4)28-18-13-9-16(23-6)10-14-18/h7-14H,1-6H3/q+1. The Labute approximate surface area is 176 Å². The Bertz CT molecular complexity index is 711. The van der Waals surface area contributed by atoms with Crippen LogP contribution in [0.2, 0.25) is 0 Å². The molecule has 0 heterocycles. The fourth-order valence-corrected chi connectivity index (χ4v) is 5.37. The summed E-state index contributed by atoms with van der Waals surface area (Å²) in [5.74, 6) is 1.57. The van der Waals surface area contributed by atoms with Crippen LogP contribution >= 0.6 is 31.8 Å². The Morgan fingerprint density at radius 1 is 0.679 bits per heavy atom. The smallest absolute Gasteiger partial charge is 0.497 e. The van der Waals surface area contributed by atoms with Crippen molar-refractivity contribution in [2.75, 3.05) is 14.2 Å². The van der Waals surface area contributed by atoms with Gasteiger partial charge in [-0.25, -0.2) is 0 Å². The number of benzene rings is 2. The third-order valence-electron chi connectivity index (χ3n) is 3.43. The maximum Gasteiger partial charge on any atom is 0.700 e. The molecule has 0 aliphatic heterocycles. The molecule has 0 fully saturated rings. The largest absolute Gasteiger partial charge is 0.700 e. The predicted octanol–water partition coefficient (Wildman–Crippen LogP) is 6.75. The SMILES string of the molecule is COc1ccc(SC(C)(C)O[P+](=O)OC(C)(C)Sc2ccc(OC)cc2)cc1. The highest BCUT2D eigenvalue weighted by Crippen LogP contribution is 2.47. The Kier molecular flexibility index (Phi) is 8.22. The molecule has 0 aliphatic rings. The van der Waals surface area contributed by atoms with Crippen molar-refractivity contribution >= 4 is 31.8 Å². The molecule has 2 aromatic rings. The molecule has 152 valence electrons. The highest BCUT2D eigenvalue weighted by Gasteiger charge is 2.41. The summed E-state index contributed by atoms with van der Waals surface area (Å²) < 4.78 is 34.2. The van der Waals surface area contributed by atoms with Crippen LogP contribution in [0.4, 0.5) is 0 Å². The molecule has 0 radical (unpaired) electrons. The van der Waals surface area contributed by atoms with Crippen molar-refractivity contribution in [2.24, 2.45) is 0 Å². The molecule has 5 nitrogen and oxygen atoms in total. The van der Waals surface area contributed by atoms with Crippen LogP contribution < -0.4 is 9.47 Å². The summed E-state index contributed by atoms with van der Waals surface area (Å²) >= 11 is 2.93. The summed E-state index contributed by atoms with van der Waals surface area (Å²) in [7, 11) is 0.947. The second kappa shape index (κ2) is 9.99. The van der Waals surface area contributed by atoms with Gasteiger partial charge in [-0.3, -0.25) is 0 Å². The lowest BCUT2D eigenvalue weighted by molar-refractivity contribution is 0.130. The molecule has 2 aromatic carbocycles. The molecule has 0 aromatic heterocycles. The first kappa shape index (κ1) is 23.0. The number of ether oxygens (including phenoxy) is 2. The van der Waals surface area contributed by atoms with E-state index >= 15 is 0 Å². The van der Waals surface area contributed by atoms with Gasteiger partial charge < -0.3 is 9.47 Å². The minimum absolute atomic E-state index is 0.719. The second-order valence-electron chi connectivity index (χ2n) is 6.76. The van der Waals surface area contributed by atoms with Crippen molar-refractivity contribution in [1.82, 2.24) is 0 Å². The Balaban J connectivity index is 1.92. The van der Waals surface area contributed by atoms with E-state index in [0.29, 0.717) is 0 Å². The van der Waals surface area contributed by atoms with Crippen LogP contribution in [0.3, 0.4) is 0 Å². The van der Waals surface area contributed by atoms with E-state index in [0.717, 1.165) is 21.3 Å². The molecule has 28 heavy (non-hydrogen) atoms. The predicted molar refractivity (Wildman–Crippen MR) is 116 cm³/mol. The van der Waals surface area contributed by atoms with Gasteiger partial charge in [-0.15, -0.1) is 9.05 Å². The zero-order chi connectivity index (χ0) is 20.8. The average Bonchev–Trinajstić information content (AvgIpc) is 2.61. The maximum absolute atomic E-state index is 12.5. The quantitative estimate of drug-likeness (QED) is 0.230. The molecule has 0 saturated carbocycles. The second-order valence-corrected chi connectivity index (χ2v) is 10.9. The lowest BCUT2D eigenvalue weighted by Crippen LogP contribution is -2.20. The number of methoxy groups -OCH3 is 2. The summed E-state index contributed by atoms with van der Waals surface area (Å²) in [5, 5.41) is 0. The Hall–Kier alpha value is -1.24. The van der Waals surface area contributed by atoms with Crippen molar-refractivity contribution in [1.29, 1.82) is 0 Å². The van der Waals surface area contributed by atoms with Crippen LogP contribution in [0.5, 0.6) is 11.5 Å². The van der Waals surface area contributed by atoms with Gasteiger partial charge in [0.1, 0.15) is 11.5 Å². The first-order chi connectivity index (χ1) is 13.1. The average molecular weight is 442 g/mol. The van der Waals surface area contributed by atoms with Gasteiger partial charge in [-0.05, 0) is 76.2 Å². The van der Waals surface area contributed by atoms with Crippen molar-refractivity contribution in [3.8, 4) is 11.5 Å². The van der Waals surface area contributed by atoms with Gasteiger partial charge in [0.05, 0.1) is 14.2 Å². The van der Waals surface area contributed by atoms with Gasteiger partial charge in [-0.1, -0.05) is 23.5 Å². The lowest BCUT2D eigenvalue weighted by atomic mass is 10.3. The van der Waals surface area contributed by atoms with Crippen LogP contribution in [-0.4, -0.2) is 24.1 Å². The van der Waals surface area contributed by atoms with Crippen LogP contribution in [0.1, 0.15) is 27.7 Å². The third-order valence-corrected chi connectivity index (χ3v) is 7.06. The van der Waals surface area contributed by atoms with Crippen LogP contribution in [0.15, 0.2) is 58.3 Å². The molecule has 0 amide bonds. The summed E-state index contributed by atoms with van der Waals surface area (Å²) in [5.41, 5.74) is 0. The van der Waals surface area contributed by atoms with Gasteiger partial charge in [0, 0.05) is 14.4 Å². The van der Waals surface area contributed by atoms with E-state index in [-0.39, 0.29) is 0 Å².